The van der Waals surface area contributed by atoms with Crippen molar-refractivity contribution in [3.8, 4) is 0 Å². The van der Waals surface area contributed by atoms with Crippen molar-refractivity contribution < 1.29 is 13.9 Å². The summed E-state index contributed by atoms with van der Waals surface area (Å²) < 4.78 is 19.6. The Morgan fingerprint density at radius 3 is 2.87 bits per heavy atom. The van der Waals surface area contributed by atoms with Crippen molar-refractivity contribution in [1.82, 2.24) is 9.80 Å². The highest BCUT2D eigenvalue weighted by Crippen LogP contribution is 2.32. The van der Waals surface area contributed by atoms with E-state index in [4.69, 9.17) is 4.74 Å². The predicted octanol–water partition coefficient (Wildman–Crippen LogP) is 2.18. The number of morpholine rings is 1. The van der Waals surface area contributed by atoms with Gasteiger partial charge in [0, 0.05) is 39.4 Å². The monoisotopic (exact) mass is 321 g/mol. The number of anilines is 1. The van der Waals surface area contributed by atoms with Crippen LogP contribution in [0.4, 0.5) is 14.9 Å². The SMILES string of the molecule is CN(C)C(=O)N1CCO[C@]2(CCCN(c3cccc(F)c3)C2)C1. The zero-order valence-electron chi connectivity index (χ0n) is 13.8. The molecule has 5 nitrogen and oxygen atoms in total. The van der Waals surface area contributed by atoms with Gasteiger partial charge in [-0.05, 0) is 31.0 Å². The minimum Gasteiger partial charge on any atom is -0.369 e. The predicted molar refractivity (Wildman–Crippen MR) is 87.2 cm³/mol. The molecule has 2 amide bonds. The number of carbonyl (C=O) groups is 1. The van der Waals surface area contributed by atoms with E-state index >= 15 is 0 Å². The van der Waals surface area contributed by atoms with Crippen LogP contribution in [0.5, 0.6) is 0 Å². The number of rotatable bonds is 1. The summed E-state index contributed by atoms with van der Waals surface area (Å²) in [5, 5.41) is 0. The molecule has 6 heteroatoms. The van der Waals surface area contributed by atoms with Gasteiger partial charge in [0.05, 0.1) is 13.2 Å². The van der Waals surface area contributed by atoms with E-state index in [9.17, 15) is 9.18 Å². The zero-order valence-corrected chi connectivity index (χ0v) is 13.8. The normalized spacial score (nSPS) is 24.8. The van der Waals surface area contributed by atoms with Crippen molar-refractivity contribution >= 4 is 11.7 Å². The second-order valence-electron chi connectivity index (χ2n) is 6.64. The highest BCUT2D eigenvalue weighted by atomic mass is 19.1. The molecule has 1 aromatic carbocycles. The van der Waals surface area contributed by atoms with Crippen molar-refractivity contribution in [2.45, 2.75) is 18.4 Å². The van der Waals surface area contributed by atoms with Crippen molar-refractivity contribution in [2.75, 3.05) is 51.8 Å². The topological polar surface area (TPSA) is 36.0 Å². The molecule has 0 aliphatic carbocycles. The second-order valence-corrected chi connectivity index (χ2v) is 6.64. The maximum absolute atomic E-state index is 13.5. The number of benzene rings is 1. The summed E-state index contributed by atoms with van der Waals surface area (Å²) in [6, 6.07) is 6.70. The van der Waals surface area contributed by atoms with Crippen LogP contribution in [-0.2, 0) is 4.74 Å². The summed E-state index contributed by atoms with van der Waals surface area (Å²) in [6.45, 7) is 3.34. The lowest BCUT2D eigenvalue weighted by Crippen LogP contribution is -2.61. The van der Waals surface area contributed by atoms with E-state index in [1.807, 2.05) is 11.0 Å². The number of carbonyl (C=O) groups excluding carboxylic acids is 1. The Morgan fingerprint density at radius 2 is 2.13 bits per heavy atom. The van der Waals surface area contributed by atoms with Crippen LogP contribution in [0.1, 0.15) is 12.8 Å². The molecule has 126 valence electrons. The van der Waals surface area contributed by atoms with E-state index in [-0.39, 0.29) is 17.4 Å². The van der Waals surface area contributed by atoms with Gasteiger partial charge in [0.1, 0.15) is 11.4 Å². The highest BCUT2D eigenvalue weighted by Gasteiger charge is 2.42. The van der Waals surface area contributed by atoms with E-state index in [0.717, 1.165) is 25.1 Å². The number of ether oxygens (including phenoxy) is 1. The molecular formula is C17H24FN3O2. The Labute approximate surface area is 136 Å². The van der Waals surface area contributed by atoms with Crippen LogP contribution in [0.15, 0.2) is 24.3 Å². The molecule has 1 atom stereocenters. The van der Waals surface area contributed by atoms with Gasteiger partial charge in [-0.25, -0.2) is 9.18 Å². The molecule has 0 N–H and O–H groups in total. The van der Waals surface area contributed by atoms with Gasteiger partial charge in [0.25, 0.3) is 0 Å². The number of urea groups is 1. The maximum atomic E-state index is 13.5. The molecule has 2 aliphatic heterocycles. The van der Waals surface area contributed by atoms with E-state index in [2.05, 4.69) is 4.90 Å². The summed E-state index contributed by atoms with van der Waals surface area (Å²) >= 11 is 0. The molecule has 1 spiro atoms. The fourth-order valence-electron chi connectivity index (χ4n) is 3.53. The molecule has 2 fully saturated rings. The van der Waals surface area contributed by atoms with Crippen LogP contribution in [0.25, 0.3) is 0 Å². The number of piperidine rings is 1. The van der Waals surface area contributed by atoms with Crippen molar-refractivity contribution in [3.63, 3.8) is 0 Å². The van der Waals surface area contributed by atoms with Gasteiger partial charge in [0.2, 0.25) is 0 Å². The number of hydrogen-bond donors (Lipinski definition) is 0. The van der Waals surface area contributed by atoms with Crippen molar-refractivity contribution in [3.05, 3.63) is 30.1 Å². The van der Waals surface area contributed by atoms with E-state index in [1.165, 1.54) is 6.07 Å². The number of nitrogens with zero attached hydrogens (tertiary/aromatic N) is 3. The summed E-state index contributed by atoms with van der Waals surface area (Å²) in [5.74, 6) is -0.226. The Kier molecular flexibility index (Phi) is 4.43. The Balaban J connectivity index is 1.75. The molecule has 0 aromatic heterocycles. The molecule has 3 rings (SSSR count). The summed E-state index contributed by atoms with van der Waals surface area (Å²) in [7, 11) is 3.54. The lowest BCUT2D eigenvalue weighted by atomic mass is 9.90. The third-order valence-corrected chi connectivity index (χ3v) is 4.61. The van der Waals surface area contributed by atoms with Gasteiger partial charge in [0.15, 0.2) is 0 Å². The fraction of sp³-hybridized carbons (Fsp3) is 0.588. The average molecular weight is 321 g/mol. The second kappa shape index (κ2) is 6.35. The number of hydrogen-bond acceptors (Lipinski definition) is 3. The first-order valence-electron chi connectivity index (χ1n) is 8.10. The molecule has 2 saturated heterocycles. The molecule has 23 heavy (non-hydrogen) atoms. The van der Waals surface area contributed by atoms with Gasteiger partial charge in [-0.15, -0.1) is 0 Å². The Hall–Kier alpha value is -1.82. The maximum Gasteiger partial charge on any atom is 0.319 e. The van der Waals surface area contributed by atoms with Crippen LogP contribution >= 0.6 is 0 Å². The number of amides is 2. The van der Waals surface area contributed by atoms with Gasteiger partial charge >= 0.3 is 6.03 Å². The molecule has 1 aromatic rings. The van der Waals surface area contributed by atoms with Gasteiger partial charge < -0.3 is 19.4 Å². The standard InChI is InChI=1S/C17H24FN3O2/c1-19(2)16(22)21-9-10-23-17(13-21)7-4-8-20(12-17)15-6-3-5-14(18)11-15/h3,5-6,11H,4,7-10,12-13H2,1-2H3/t17-/m0/s1. The lowest BCUT2D eigenvalue weighted by molar-refractivity contribution is -0.104. The summed E-state index contributed by atoms with van der Waals surface area (Å²) in [6.07, 6.45) is 1.90. The van der Waals surface area contributed by atoms with E-state index in [1.54, 1.807) is 31.1 Å². The Bertz CT molecular complexity index is 577. The zero-order chi connectivity index (χ0) is 16.4. The third-order valence-electron chi connectivity index (χ3n) is 4.61. The minimum atomic E-state index is -0.353. The third kappa shape index (κ3) is 3.42. The van der Waals surface area contributed by atoms with E-state index < -0.39 is 0 Å². The van der Waals surface area contributed by atoms with Crippen molar-refractivity contribution in [2.24, 2.45) is 0 Å². The lowest BCUT2D eigenvalue weighted by Gasteiger charge is -2.48. The van der Waals surface area contributed by atoms with Gasteiger partial charge in [-0.1, -0.05) is 6.07 Å². The first-order chi connectivity index (χ1) is 11.0. The van der Waals surface area contributed by atoms with Gasteiger partial charge in [-0.3, -0.25) is 0 Å². The molecule has 0 radical (unpaired) electrons. The fourth-order valence-corrected chi connectivity index (χ4v) is 3.53. The van der Waals surface area contributed by atoms with Crippen LogP contribution in [0, 0.1) is 5.82 Å². The molecule has 0 unspecified atom stereocenters. The van der Waals surface area contributed by atoms with Crippen LogP contribution < -0.4 is 4.90 Å². The summed E-state index contributed by atoms with van der Waals surface area (Å²) in [4.78, 5) is 17.9. The highest BCUT2D eigenvalue weighted by molar-refractivity contribution is 5.74. The van der Waals surface area contributed by atoms with Gasteiger partial charge in [-0.2, -0.15) is 0 Å². The molecule has 0 bridgehead atoms. The van der Waals surface area contributed by atoms with Crippen LogP contribution in [0.2, 0.25) is 0 Å². The first kappa shape index (κ1) is 16.1. The average Bonchev–Trinajstić information content (AvgIpc) is 2.54. The minimum absolute atomic E-state index is 0.0237. The Morgan fingerprint density at radius 1 is 1.30 bits per heavy atom. The van der Waals surface area contributed by atoms with Crippen LogP contribution in [-0.4, -0.2) is 68.3 Å². The summed E-state index contributed by atoms with van der Waals surface area (Å²) in [5.41, 5.74) is 0.526. The molecule has 0 saturated carbocycles. The molecular weight excluding hydrogens is 297 g/mol. The quantitative estimate of drug-likeness (QED) is 0.795. The number of halogens is 1. The van der Waals surface area contributed by atoms with E-state index in [0.29, 0.717) is 26.2 Å². The first-order valence-corrected chi connectivity index (χ1v) is 8.10. The smallest absolute Gasteiger partial charge is 0.319 e. The molecule has 2 heterocycles. The van der Waals surface area contributed by atoms with Crippen LogP contribution in [0.3, 0.4) is 0 Å². The molecule has 2 aliphatic rings. The van der Waals surface area contributed by atoms with Crippen molar-refractivity contribution in [1.29, 1.82) is 0 Å². The largest absolute Gasteiger partial charge is 0.369 e.